The molecule has 0 saturated heterocycles. The first-order chi connectivity index (χ1) is 10.5. The standard InChI is InChI=1S/C17H18F2N2S/c1-3-11(2)12-4-6-13(7-5-12)20-17(22)21-14-8-9-15(18)16(19)10-14/h4-11H,3H2,1-2H3,(H2,20,21,22). The van der Waals surface area contributed by atoms with Crippen LogP contribution in [0.15, 0.2) is 42.5 Å². The van der Waals surface area contributed by atoms with Gasteiger partial charge in [-0.25, -0.2) is 8.78 Å². The molecule has 2 nitrogen and oxygen atoms in total. The van der Waals surface area contributed by atoms with Crippen LogP contribution >= 0.6 is 12.2 Å². The van der Waals surface area contributed by atoms with E-state index in [1.54, 1.807) is 0 Å². The van der Waals surface area contributed by atoms with Crippen LogP contribution in [0, 0.1) is 11.6 Å². The molecular formula is C17H18F2N2S. The molecule has 0 aromatic heterocycles. The maximum absolute atomic E-state index is 13.1. The van der Waals surface area contributed by atoms with Gasteiger partial charge in [-0.1, -0.05) is 26.0 Å². The van der Waals surface area contributed by atoms with Gasteiger partial charge in [0.15, 0.2) is 16.7 Å². The molecule has 5 heteroatoms. The van der Waals surface area contributed by atoms with Gasteiger partial charge in [-0.3, -0.25) is 0 Å². The fourth-order valence-electron chi connectivity index (χ4n) is 2.00. The Morgan fingerprint density at radius 3 is 2.18 bits per heavy atom. The number of benzene rings is 2. The minimum Gasteiger partial charge on any atom is -0.332 e. The van der Waals surface area contributed by atoms with Crippen molar-refractivity contribution < 1.29 is 8.78 Å². The maximum Gasteiger partial charge on any atom is 0.175 e. The van der Waals surface area contributed by atoms with Gasteiger partial charge in [-0.15, -0.1) is 0 Å². The molecule has 0 saturated carbocycles. The predicted molar refractivity (Wildman–Crippen MR) is 91.3 cm³/mol. The van der Waals surface area contributed by atoms with Gasteiger partial charge in [-0.2, -0.15) is 0 Å². The molecule has 116 valence electrons. The Morgan fingerprint density at radius 2 is 1.59 bits per heavy atom. The lowest BCUT2D eigenvalue weighted by atomic mass is 9.99. The van der Waals surface area contributed by atoms with Crippen molar-refractivity contribution in [1.29, 1.82) is 0 Å². The average Bonchev–Trinajstić information content (AvgIpc) is 2.51. The quantitative estimate of drug-likeness (QED) is 0.749. The van der Waals surface area contributed by atoms with Crippen molar-refractivity contribution in [3.63, 3.8) is 0 Å². The molecule has 0 fully saturated rings. The monoisotopic (exact) mass is 320 g/mol. The van der Waals surface area contributed by atoms with Crippen LogP contribution in [0.5, 0.6) is 0 Å². The average molecular weight is 320 g/mol. The summed E-state index contributed by atoms with van der Waals surface area (Å²) in [6.07, 6.45) is 1.09. The van der Waals surface area contributed by atoms with Gasteiger partial charge in [0.05, 0.1) is 0 Å². The van der Waals surface area contributed by atoms with Crippen LogP contribution in [0.3, 0.4) is 0 Å². The summed E-state index contributed by atoms with van der Waals surface area (Å²) in [5.41, 5.74) is 2.51. The third-order valence-electron chi connectivity index (χ3n) is 3.53. The van der Waals surface area contributed by atoms with Crippen molar-refractivity contribution in [2.24, 2.45) is 0 Å². The summed E-state index contributed by atoms with van der Waals surface area (Å²) >= 11 is 5.16. The van der Waals surface area contributed by atoms with E-state index in [1.807, 2.05) is 12.1 Å². The van der Waals surface area contributed by atoms with Crippen molar-refractivity contribution in [2.75, 3.05) is 10.6 Å². The Kier molecular flexibility index (Phi) is 5.44. The summed E-state index contributed by atoms with van der Waals surface area (Å²) in [6, 6.07) is 11.5. The van der Waals surface area contributed by atoms with Crippen molar-refractivity contribution >= 4 is 28.7 Å². The lowest BCUT2D eigenvalue weighted by molar-refractivity contribution is 0.509. The Balaban J connectivity index is 1.98. The van der Waals surface area contributed by atoms with E-state index in [1.165, 1.54) is 11.6 Å². The first-order valence-electron chi connectivity index (χ1n) is 7.12. The molecule has 0 heterocycles. The van der Waals surface area contributed by atoms with Crippen LogP contribution in [0.4, 0.5) is 20.2 Å². The van der Waals surface area contributed by atoms with Gasteiger partial charge < -0.3 is 10.6 Å². The summed E-state index contributed by atoms with van der Waals surface area (Å²) in [4.78, 5) is 0. The van der Waals surface area contributed by atoms with Gasteiger partial charge >= 0.3 is 0 Å². The number of nitrogens with one attached hydrogen (secondary N) is 2. The smallest absolute Gasteiger partial charge is 0.175 e. The highest BCUT2D eigenvalue weighted by Gasteiger charge is 2.05. The third kappa shape index (κ3) is 4.24. The van der Waals surface area contributed by atoms with Gasteiger partial charge in [0, 0.05) is 17.4 Å². The Bertz CT molecular complexity index is 656. The zero-order chi connectivity index (χ0) is 16.1. The van der Waals surface area contributed by atoms with Gasteiger partial charge in [0.1, 0.15) is 0 Å². The Hall–Kier alpha value is -2.01. The van der Waals surface area contributed by atoms with E-state index in [4.69, 9.17) is 12.2 Å². The van der Waals surface area contributed by atoms with E-state index in [2.05, 4.69) is 36.6 Å². The highest BCUT2D eigenvalue weighted by Crippen LogP contribution is 2.20. The molecule has 0 bridgehead atoms. The Labute approximate surface area is 134 Å². The number of hydrogen-bond donors (Lipinski definition) is 2. The molecule has 2 aromatic rings. The first-order valence-corrected chi connectivity index (χ1v) is 7.53. The molecule has 2 aromatic carbocycles. The molecule has 0 spiro atoms. The lowest BCUT2D eigenvalue weighted by Crippen LogP contribution is -2.19. The van der Waals surface area contributed by atoms with E-state index in [0.29, 0.717) is 16.7 Å². The molecule has 1 atom stereocenters. The lowest BCUT2D eigenvalue weighted by Gasteiger charge is -2.13. The molecule has 0 aliphatic heterocycles. The summed E-state index contributed by atoms with van der Waals surface area (Å²) in [5.74, 6) is -1.28. The molecular weight excluding hydrogens is 302 g/mol. The van der Waals surface area contributed by atoms with Gasteiger partial charge in [0.2, 0.25) is 0 Å². The second-order valence-electron chi connectivity index (χ2n) is 5.14. The normalized spacial score (nSPS) is 11.8. The minimum atomic E-state index is -0.911. The van der Waals surface area contributed by atoms with Crippen molar-refractivity contribution in [3.05, 3.63) is 59.7 Å². The molecule has 0 aliphatic rings. The fourth-order valence-corrected chi connectivity index (χ4v) is 2.23. The van der Waals surface area contributed by atoms with Crippen LogP contribution in [0.1, 0.15) is 31.7 Å². The zero-order valence-electron chi connectivity index (χ0n) is 12.5. The largest absolute Gasteiger partial charge is 0.332 e. The van der Waals surface area contributed by atoms with Gasteiger partial charge in [-0.05, 0) is 54.4 Å². The Morgan fingerprint density at radius 1 is 1.00 bits per heavy atom. The highest BCUT2D eigenvalue weighted by atomic mass is 32.1. The third-order valence-corrected chi connectivity index (χ3v) is 3.73. The topological polar surface area (TPSA) is 24.1 Å². The van der Waals surface area contributed by atoms with E-state index < -0.39 is 11.6 Å². The predicted octanol–water partition coefficient (Wildman–Crippen LogP) is 5.29. The number of rotatable bonds is 4. The molecule has 0 amide bonds. The van der Waals surface area contributed by atoms with Crippen molar-refractivity contribution in [3.8, 4) is 0 Å². The first kappa shape index (κ1) is 16.4. The number of halogens is 2. The zero-order valence-corrected chi connectivity index (χ0v) is 13.3. The van der Waals surface area contributed by atoms with Crippen LogP contribution < -0.4 is 10.6 Å². The number of anilines is 2. The molecule has 2 rings (SSSR count). The minimum absolute atomic E-state index is 0.322. The van der Waals surface area contributed by atoms with Crippen LogP contribution in [0.2, 0.25) is 0 Å². The summed E-state index contributed by atoms with van der Waals surface area (Å²) < 4.78 is 26.0. The number of hydrogen-bond acceptors (Lipinski definition) is 1. The van der Waals surface area contributed by atoms with E-state index in [0.717, 1.165) is 24.2 Å². The maximum atomic E-state index is 13.1. The van der Waals surface area contributed by atoms with Crippen LogP contribution in [-0.4, -0.2) is 5.11 Å². The molecule has 22 heavy (non-hydrogen) atoms. The molecule has 0 radical (unpaired) electrons. The number of thiocarbonyl (C=S) groups is 1. The van der Waals surface area contributed by atoms with Gasteiger partial charge in [0.25, 0.3) is 0 Å². The summed E-state index contributed by atoms with van der Waals surface area (Å²) in [5, 5.41) is 6.15. The van der Waals surface area contributed by atoms with E-state index >= 15 is 0 Å². The van der Waals surface area contributed by atoms with E-state index in [-0.39, 0.29) is 0 Å². The van der Waals surface area contributed by atoms with Crippen LogP contribution in [0.25, 0.3) is 0 Å². The van der Waals surface area contributed by atoms with E-state index in [9.17, 15) is 8.78 Å². The highest BCUT2D eigenvalue weighted by molar-refractivity contribution is 7.80. The SMILES string of the molecule is CCC(C)c1ccc(NC(=S)Nc2ccc(F)c(F)c2)cc1. The molecule has 0 aliphatic carbocycles. The molecule has 2 N–H and O–H groups in total. The fraction of sp³-hybridized carbons (Fsp3) is 0.235. The second-order valence-corrected chi connectivity index (χ2v) is 5.55. The second kappa shape index (κ2) is 7.31. The van der Waals surface area contributed by atoms with Crippen molar-refractivity contribution in [2.45, 2.75) is 26.2 Å². The summed E-state index contributed by atoms with van der Waals surface area (Å²) in [7, 11) is 0. The van der Waals surface area contributed by atoms with Crippen molar-refractivity contribution in [1.82, 2.24) is 0 Å². The summed E-state index contributed by atoms with van der Waals surface area (Å²) in [6.45, 7) is 4.33. The molecule has 1 unspecified atom stereocenters. The van der Waals surface area contributed by atoms with Crippen LogP contribution in [-0.2, 0) is 0 Å².